The molecule has 0 amide bonds. The first-order valence-corrected chi connectivity index (χ1v) is 20.9. The summed E-state index contributed by atoms with van der Waals surface area (Å²) < 4.78 is 0. The van der Waals surface area contributed by atoms with Gasteiger partial charge in [-0.1, -0.05) is 182 Å². The lowest BCUT2D eigenvalue weighted by molar-refractivity contribution is 1.07. The van der Waals surface area contributed by atoms with E-state index in [1.54, 1.807) is 11.8 Å². The lowest BCUT2D eigenvalue weighted by atomic mass is 9.91. The SMILES string of the molecule is c1ccc(-c2ccc(N(c3ccccc3)c3ccc(-c4ccc5c6c(cccc46)-c4cccc(-c6nc(-c7ccccc7)nc(-c7ccccc7)n6)c4S5)cc3)cc2)cc1. The van der Waals surface area contributed by atoms with Gasteiger partial charge >= 0.3 is 0 Å². The first-order chi connectivity index (χ1) is 29.7. The lowest BCUT2D eigenvalue weighted by Crippen LogP contribution is -2.09. The van der Waals surface area contributed by atoms with Crippen molar-refractivity contribution < 1.29 is 0 Å². The summed E-state index contributed by atoms with van der Waals surface area (Å²) in [6, 6.07) is 77.0. The minimum Gasteiger partial charge on any atom is -0.311 e. The molecule has 1 aromatic heterocycles. The van der Waals surface area contributed by atoms with Crippen LogP contribution < -0.4 is 4.90 Å². The highest BCUT2D eigenvalue weighted by molar-refractivity contribution is 8.00. The van der Waals surface area contributed by atoms with Gasteiger partial charge in [0.25, 0.3) is 0 Å². The Balaban J connectivity index is 0.973. The summed E-state index contributed by atoms with van der Waals surface area (Å²) in [6.45, 7) is 0. The minimum atomic E-state index is 0.656. The average Bonchev–Trinajstić information content (AvgIpc) is 3.33. The van der Waals surface area contributed by atoms with Crippen molar-refractivity contribution in [2.45, 2.75) is 9.79 Å². The van der Waals surface area contributed by atoms with Crippen LogP contribution in [0.25, 0.3) is 78.3 Å². The Labute approximate surface area is 353 Å². The summed E-state index contributed by atoms with van der Waals surface area (Å²) in [5.41, 5.74) is 13.4. The largest absolute Gasteiger partial charge is 0.311 e. The van der Waals surface area contributed by atoms with Gasteiger partial charge in [0, 0.05) is 48.9 Å². The fraction of sp³-hybridized carbons (Fsp3) is 0. The molecule has 0 N–H and O–H groups in total. The fourth-order valence-corrected chi connectivity index (χ4v) is 9.49. The molecule has 0 saturated heterocycles. The normalized spacial score (nSPS) is 11.6. The first kappa shape index (κ1) is 35.6. The molecule has 1 aliphatic heterocycles. The molecule has 0 bridgehead atoms. The number of hydrogen-bond donors (Lipinski definition) is 0. The molecule has 0 aliphatic carbocycles. The third kappa shape index (κ3) is 6.51. The van der Waals surface area contributed by atoms with Crippen LogP contribution in [-0.2, 0) is 0 Å². The van der Waals surface area contributed by atoms with Crippen LogP contribution in [0.2, 0.25) is 0 Å². The number of nitrogens with zero attached hydrogens (tertiary/aromatic N) is 4. The summed E-state index contributed by atoms with van der Waals surface area (Å²) in [5, 5.41) is 2.50. The van der Waals surface area contributed by atoms with Gasteiger partial charge in [-0.3, -0.25) is 0 Å². The predicted molar refractivity (Wildman–Crippen MR) is 249 cm³/mol. The molecule has 5 heteroatoms. The molecular formula is C55H36N4S. The van der Waals surface area contributed by atoms with E-state index in [1.807, 2.05) is 36.4 Å². The Morgan fingerprint density at radius 1 is 0.300 bits per heavy atom. The van der Waals surface area contributed by atoms with Gasteiger partial charge in [-0.15, -0.1) is 0 Å². The van der Waals surface area contributed by atoms with Gasteiger partial charge in [-0.2, -0.15) is 0 Å². The maximum Gasteiger partial charge on any atom is 0.165 e. The molecule has 0 fully saturated rings. The zero-order valence-corrected chi connectivity index (χ0v) is 33.3. The monoisotopic (exact) mass is 784 g/mol. The molecule has 10 aromatic rings. The molecule has 0 spiro atoms. The fourth-order valence-electron chi connectivity index (χ4n) is 8.26. The zero-order chi connectivity index (χ0) is 39.8. The standard InChI is InChI=1S/C55H36N4S/c1-5-15-37(16-6-1)38-27-31-43(32-28-38)59(42-21-11-4-12-22-42)44-33-29-39(30-34-44)45-35-36-50-51-46(45)23-13-24-47(51)48-25-14-26-49(52(48)60-50)55-57-53(40-17-7-2-8-18-40)56-54(58-55)41-19-9-3-10-20-41/h1-36H. The van der Waals surface area contributed by atoms with Crippen LogP contribution in [-0.4, -0.2) is 15.0 Å². The Morgan fingerprint density at radius 2 is 0.767 bits per heavy atom. The van der Waals surface area contributed by atoms with Gasteiger partial charge in [0.15, 0.2) is 17.5 Å². The number of aromatic nitrogens is 3. The van der Waals surface area contributed by atoms with E-state index in [9.17, 15) is 0 Å². The van der Waals surface area contributed by atoms with E-state index in [0.717, 1.165) is 38.6 Å². The summed E-state index contributed by atoms with van der Waals surface area (Å²) in [4.78, 5) is 19.8. The van der Waals surface area contributed by atoms with Crippen LogP contribution in [0.3, 0.4) is 0 Å². The molecule has 2 heterocycles. The second-order valence-corrected chi connectivity index (χ2v) is 15.8. The highest BCUT2D eigenvalue weighted by Crippen LogP contribution is 2.52. The summed E-state index contributed by atoms with van der Waals surface area (Å²) in [7, 11) is 0. The number of anilines is 3. The summed E-state index contributed by atoms with van der Waals surface area (Å²) in [5.74, 6) is 1.98. The molecule has 0 saturated carbocycles. The van der Waals surface area contributed by atoms with Gasteiger partial charge < -0.3 is 4.90 Å². The molecule has 11 rings (SSSR count). The molecule has 0 atom stereocenters. The molecule has 4 nitrogen and oxygen atoms in total. The van der Waals surface area contributed by atoms with Crippen molar-refractivity contribution in [1.82, 2.24) is 15.0 Å². The quantitative estimate of drug-likeness (QED) is 0.153. The average molecular weight is 785 g/mol. The van der Waals surface area contributed by atoms with Gasteiger partial charge in [0.2, 0.25) is 0 Å². The molecular weight excluding hydrogens is 749 g/mol. The summed E-state index contributed by atoms with van der Waals surface area (Å²) >= 11 is 1.80. The van der Waals surface area contributed by atoms with Crippen LogP contribution in [0, 0.1) is 0 Å². The lowest BCUT2D eigenvalue weighted by Gasteiger charge is -2.26. The minimum absolute atomic E-state index is 0.656. The van der Waals surface area contributed by atoms with Crippen molar-refractivity contribution in [2.24, 2.45) is 0 Å². The van der Waals surface area contributed by atoms with Crippen molar-refractivity contribution in [2.75, 3.05) is 4.90 Å². The molecule has 60 heavy (non-hydrogen) atoms. The second-order valence-electron chi connectivity index (χ2n) is 14.8. The van der Waals surface area contributed by atoms with Gasteiger partial charge in [-0.05, 0) is 87.3 Å². The number of para-hydroxylation sites is 1. The van der Waals surface area contributed by atoms with E-state index in [4.69, 9.17) is 15.0 Å². The molecule has 0 radical (unpaired) electrons. The van der Waals surface area contributed by atoms with E-state index < -0.39 is 0 Å². The Hall–Kier alpha value is -7.60. The number of benzene rings is 9. The maximum absolute atomic E-state index is 5.10. The Morgan fingerprint density at radius 3 is 1.38 bits per heavy atom. The van der Waals surface area contributed by atoms with Crippen LogP contribution in [0.4, 0.5) is 17.1 Å². The van der Waals surface area contributed by atoms with Crippen LogP contribution in [0.15, 0.2) is 228 Å². The van der Waals surface area contributed by atoms with E-state index in [2.05, 4.69) is 187 Å². The molecule has 1 aliphatic rings. The van der Waals surface area contributed by atoms with Crippen LogP contribution in [0.5, 0.6) is 0 Å². The number of hydrogen-bond acceptors (Lipinski definition) is 5. The van der Waals surface area contributed by atoms with Crippen molar-refractivity contribution in [3.05, 3.63) is 218 Å². The van der Waals surface area contributed by atoms with Gasteiger partial charge in [0.1, 0.15) is 0 Å². The molecule has 0 unspecified atom stereocenters. The maximum atomic E-state index is 5.10. The summed E-state index contributed by atoms with van der Waals surface area (Å²) in [6.07, 6.45) is 0. The number of rotatable bonds is 8. The van der Waals surface area contributed by atoms with Crippen molar-refractivity contribution in [3.8, 4) is 67.5 Å². The van der Waals surface area contributed by atoms with Crippen LogP contribution >= 0.6 is 11.8 Å². The number of fused-ring (bicyclic) bond motifs is 2. The topological polar surface area (TPSA) is 41.9 Å². The van der Waals surface area contributed by atoms with E-state index in [1.165, 1.54) is 49.0 Å². The predicted octanol–water partition coefficient (Wildman–Crippen LogP) is 15.0. The second kappa shape index (κ2) is 15.3. The Kier molecular flexibility index (Phi) is 9.06. The van der Waals surface area contributed by atoms with E-state index in [0.29, 0.717) is 17.5 Å². The zero-order valence-electron chi connectivity index (χ0n) is 32.5. The smallest absolute Gasteiger partial charge is 0.165 e. The van der Waals surface area contributed by atoms with E-state index in [-0.39, 0.29) is 0 Å². The first-order valence-electron chi connectivity index (χ1n) is 20.1. The van der Waals surface area contributed by atoms with Crippen molar-refractivity contribution in [3.63, 3.8) is 0 Å². The van der Waals surface area contributed by atoms with E-state index >= 15 is 0 Å². The van der Waals surface area contributed by atoms with Crippen LogP contribution in [0.1, 0.15) is 0 Å². The highest BCUT2D eigenvalue weighted by Gasteiger charge is 2.25. The van der Waals surface area contributed by atoms with Gasteiger partial charge in [-0.25, -0.2) is 15.0 Å². The van der Waals surface area contributed by atoms with Gasteiger partial charge in [0.05, 0.1) is 0 Å². The third-order valence-corrected chi connectivity index (χ3v) is 12.3. The van der Waals surface area contributed by atoms with Crippen molar-refractivity contribution >= 4 is 39.6 Å². The third-order valence-electron chi connectivity index (χ3n) is 11.1. The molecule has 9 aromatic carbocycles. The highest BCUT2D eigenvalue weighted by atomic mass is 32.2. The van der Waals surface area contributed by atoms with Crippen molar-refractivity contribution in [1.29, 1.82) is 0 Å². The Bertz CT molecular complexity index is 3080. The molecule has 282 valence electrons.